The van der Waals surface area contributed by atoms with Gasteiger partial charge >= 0.3 is 0 Å². The van der Waals surface area contributed by atoms with Gasteiger partial charge in [0.1, 0.15) is 22.9 Å². The van der Waals surface area contributed by atoms with Crippen LogP contribution in [0.25, 0.3) is 16.4 Å². The van der Waals surface area contributed by atoms with Gasteiger partial charge in [-0.05, 0) is 33.9 Å². The van der Waals surface area contributed by atoms with Gasteiger partial charge in [0.05, 0.1) is 12.1 Å². The highest BCUT2D eigenvalue weighted by atomic mass is 35.5. The molecule has 0 fully saturated rings. The molecule has 0 amide bonds. The fraction of sp³-hybridized carbons (Fsp3) is 0.235. The highest BCUT2D eigenvalue weighted by Gasteiger charge is 2.15. The first-order chi connectivity index (χ1) is 11.3. The summed E-state index contributed by atoms with van der Waals surface area (Å²) < 4.78 is 10.7. The summed E-state index contributed by atoms with van der Waals surface area (Å²) in [5, 5.41) is 0.225. The van der Waals surface area contributed by atoms with Crippen LogP contribution in [0.1, 0.15) is 16.2 Å². The number of hydrogen-bond donors (Lipinski definition) is 0. The number of rotatable bonds is 5. The van der Waals surface area contributed by atoms with E-state index >= 15 is 0 Å². The number of carbonyl (C=O) groups excluding carboxylic acids is 1. The van der Waals surface area contributed by atoms with Crippen molar-refractivity contribution >= 4 is 35.3 Å². The molecule has 2 aromatic heterocycles. The van der Waals surface area contributed by atoms with E-state index < -0.39 is 0 Å². The fourth-order valence-electron chi connectivity index (χ4n) is 1.68. The molecule has 2 heterocycles. The first-order valence-electron chi connectivity index (χ1n) is 6.89. The molecule has 7 heteroatoms. The van der Waals surface area contributed by atoms with Gasteiger partial charge in [0.25, 0.3) is 0 Å². The lowest BCUT2D eigenvalue weighted by Gasteiger charge is -2.04. The van der Waals surface area contributed by atoms with Crippen molar-refractivity contribution in [1.82, 2.24) is 9.88 Å². The second kappa shape index (κ2) is 9.00. The van der Waals surface area contributed by atoms with Crippen molar-refractivity contribution < 1.29 is 13.9 Å². The summed E-state index contributed by atoms with van der Waals surface area (Å²) in [5.74, 6) is 1.18. The molecule has 0 aliphatic heterocycles. The minimum absolute atomic E-state index is 0.215. The van der Waals surface area contributed by atoms with Crippen LogP contribution in [0, 0.1) is 0 Å². The second-order valence-corrected chi connectivity index (χ2v) is 5.62. The summed E-state index contributed by atoms with van der Waals surface area (Å²) in [7, 11) is 7.46. The van der Waals surface area contributed by atoms with Gasteiger partial charge < -0.3 is 14.1 Å². The van der Waals surface area contributed by atoms with Crippen LogP contribution in [0.4, 0.5) is 5.69 Å². The highest BCUT2D eigenvalue weighted by molar-refractivity contribution is 6.48. The van der Waals surface area contributed by atoms with Gasteiger partial charge in [-0.3, -0.25) is 9.79 Å². The Balaban J connectivity index is 0.000000648. The topological polar surface area (TPSA) is 67.9 Å². The molecule has 0 atom stereocenters. The van der Waals surface area contributed by atoms with Crippen molar-refractivity contribution in [3.05, 3.63) is 36.4 Å². The van der Waals surface area contributed by atoms with Gasteiger partial charge in [0.15, 0.2) is 12.0 Å². The van der Waals surface area contributed by atoms with Crippen molar-refractivity contribution in [3.63, 3.8) is 0 Å². The maximum atomic E-state index is 10.8. The number of hydrogen-bond acceptors (Lipinski definition) is 6. The molecule has 0 saturated carbocycles. The molecule has 0 N–H and O–H groups in total. The lowest BCUT2D eigenvalue weighted by Crippen LogP contribution is -1.99. The van der Waals surface area contributed by atoms with E-state index in [0.717, 1.165) is 0 Å². The maximum absolute atomic E-state index is 10.8. The van der Waals surface area contributed by atoms with E-state index in [2.05, 4.69) is 23.3 Å². The monoisotopic (exact) mass is 349 g/mol. The van der Waals surface area contributed by atoms with Crippen LogP contribution in [0.15, 0.2) is 34.3 Å². The van der Waals surface area contributed by atoms with Gasteiger partial charge in [-0.15, -0.1) is 0 Å². The fourth-order valence-corrected chi connectivity index (χ4v) is 1.81. The van der Waals surface area contributed by atoms with Crippen molar-refractivity contribution in [2.45, 2.75) is 0 Å². The van der Waals surface area contributed by atoms with Crippen LogP contribution in [0.3, 0.4) is 0 Å². The Bertz CT molecular complexity index is 736. The standard InChI is InChI=1S/C14H11ClN2O3.C3H9N/c1-8(15)14-10(16-2)5-12(20-14)9-4-13(19-3)11(7-18)17-6-9;1-4(2)3/h4-7H,1-2H2,3H3;1-3H3. The summed E-state index contributed by atoms with van der Waals surface area (Å²) >= 11 is 5.83. The highest BCUT2D eigenvalue weighted by Crippen LogP contribution is 2.36. The smallest absolute Gasteiger partial charge is 0.172 e. The van der Waals surface area contributed by atoms with Gasteiger partial charge in [-0.1, -0.05) is 18.2 Å². The zero-order valence-electron chi connectivity index (χ0n) is 14.2. The summed E-state index contributed by atoms with van der Waals surface area (Å²) in [6.07, 6.45) is 2.12. The summed E-state index contributed by atoms with van der Waals surface area (Å²) in [6.45, 7) is 7.05. The van der Waals surface area contributed by atoms with Gasteiger partial charge in [-0.2, -0.15) is 0 Å². The van der Waals surface area contributed by atoms with Gasteiger partial charge in [0.2, 0.25) is 0 Å². The molecular weight excluding hydrogens is 330 g/mol. The van der Waals surface area contributed by atoms with Gasteiger partial charge in [0, 0.05) is 17.8 Å². The number of aromatic nitrogens is 1. The number of halogens is 1. The summed E-state index contributed by atoms with van der Waals surface area (Å²) in [5.41, 5.74) is 1.33. The molecule has 0 saturated heterocycles. The molecule has 2 aromatic rings. The molecule has 0 spiro atoms. The average Bonchev–Trinajstić information content (AvgIpc) is 2.98. The predicted octanol–water partition coefficient (Wildman–Crippen LogP) is 3.88. The van der Waals surface area contributed by atoms with Crippen molar-refractivity contribution in [2.75, 3.05) is 28.3 Å². The van der Waals surface area contributed by atoms with E-state index in [1.807, 2.05) is 26.0 Å². The van der Waals surface area contributed by atoms with Crippen LogP contribution < -0.4 is 4.74 Å². The summed E-state index contributed by atoms with van der Waals surface area (Å²) in [4.78, 5) is 20.6. The van der Waals surface area contributed by atoms with Crippen LogP contribution in [-0.4, -0.2) is 51.1 Å². The first-order valence-corrected chi connectivity index (χ1v) is 7.27. The molecule has 0 bridgehead atoms. The van der Waals surface area contributed by atoms with Crippen molar-refractivity contribution in [3.8, 4) is 17.1 Å². The summed E-state index contributed by atoms with van der Waals surface area (Å²) in [6, 6.07) is 3.30. The Kier molecular flexibility index (Phi) is 7.35. The molecule has 6 nitrogen and oxygen atoms in total. The van der Waals surface area contributed by atoms with Crippen molar-refractivity contribution in [2.24, 2.45) is 4.99 Å². The number of nitrogens with zero attached hydrogens (tertiary/aromatic N) is 3. The number of carbonyl (C=O) groups is 1. The molecule has 0 aliphatic carbocycles. The van der Waals surface area contributed by atoms with Gasteiger partial charge in [-0.25, -0.2) is 4.98 Å². The molecule has 0 aliphatic rings. The number of aldehydes is 1. The molecule has 128 valence electrons. The molecule has 0 radical (unpaired) electrons. The first kappa shape index (κ1) is 19.6. The maximum Gasteiger partial charge on any atom is 0.172 e. The van der Waals surface area contributed by atoms with E-state index in [-0.39, 0.29) is 10.7 Å². The van der Waals surface area contributed by atoms with Crippen LogP contribution in [-0.2, 0) is 0 Å². The van der Waals surface area contributed by atoms with E-state index in [0.29, 0.717) is 34.8 Å². The van der Waals surface area contributed by atoms with Crippen molar-refractivity contribution in [1.29, 1.82) is 0 Å². The average molecular weight is 350 g/mol. The number of pyridine rings is 1. The molecule has 0 aromatic carbocycles. The van der Waals surface area contributed by atoms with E-state index in [1.165, 1.54) is 13.3 Å². The normalized spacial score (nSPS) is 9.92. The Morgan fingerprint density at radius 1 is 1.42 bits per heavy atom. The molecule has 0 unspecified atom stereocenters. The largest absolute Gasteiger partial charge is 0.494 e. The zero-order chi connectivity index (χ0) is 18.3. The lowest BCUT2D eigenvalue weighted by atomic mass is 10.2. The Labute approximate surface area is 146 Å². The van der Waals surface area contributed by atoms with Crippen LogP contribution in [0.2, 0.25) is 0 Å². The van der Waals surface area contributed by atoms with Crippen LogP contribution in [0.5, 0.6) is 5.75 Å². The number of aliphatic imine (C=N–C) groups is 1. The minimum atomic E-state index is 0.215. The Morgan fingerprint density at radius 2 is 2.04 bits per heavy atom. The zero-order valence-corrected chi connectivity index (χ0v) is 14.9. The quantitative estimate of drug-likeness (QED) is 0.605. The second-order valence-electron chi connectivity index (χ2n) is 5.16. The van der Waals surface area contributed by atoms with E-state index in [1.54, 1.807) is 12.1 Å². The van der Waals surface area contributed by atoms with Crippen LogP contribution >= 0.6 is 11.6 Å². The van der Waals surface area contributed by atoms with E-state index in [4.69, 9.17) is 20.8 Å². The molecule has 24 heavy (non-hydrogen) atoms. The number of furan rings is 1. The third kappa shape index (κ3) is 5.04. The predicted molar refractivity (Wildman–Crippen MR) is 97.6 cm³/mol. The Hall–Kier alpha value is -2.44. The molecule has 2 rings (SSSR count). The third-order valence-corrected chi connectivity index (χ3v) is 2.80. The lowest BCUT2D eigenvalue weighted by molar-refractivity contribution is 0.111. The SMILES string of the molecule is C=Nc1cc(-c2cnc(C=O)c(OC)c2)oc1C(=C)Cl.CN(C)C. The third-order valence-electron chi connectivity index (χ3n) is 2.63. The Morgan fingerprint density at radius 3 is 2.46 bits per heavy atom. The number of methoxy groups -OCH3 is 1. The molecular formula is C17H20ClN3O3. The number of ether oxygens (including phenoxy) is 1. The van der Waals surface area contributed by atoms with E-state index in [9.17, 15) is 4.79 Å². The minimum Gasteiger partial charge on any atom is -0.494 e.